The SMILES string of the molecule is CCN(CCC(=O)O)C(=O)C(C)OC1CCCCCC1. The maximum absolute atomic E-state index is 12.3. The van der Waals surface area contributed by atoms with Crippen molar-refractivity contribution in [3.63, 3.8) is 0 Å². The van der Waals surface area contributed by atoms with E-state index >= 15 is 0 Å². The van der Waals surface area contributed by atoms with Gasteiger partial charge < -0.3 is 14.7 Å². The molecule has 0 aromatic heterocycles. The molecule has 0 aliphatic heterocycles. The molecule has 0 bridgehead atoms. The van der Waals surface area contributed by atoms with Crippen molar-refractivity contribution in [1.82, 2.24) is 4.90 Å². The molecular weight excluding hydrogens is 258 g/mol. The van der Waals surface area contributed by atoms with Gasteiger partial charge in [0.1, 0.15) is 6.10 Å². The fraction of sp³-hybridized carbons (Fsp3) is 0.867. The van der Waals surface area contributed by atoms with Crippen molar-refractivity contribution in [2.45, 2.75) is 71.0 Å². The number of carbonyl (C=O) groups excluding carboxylic acids is 1. The van der Waals surface area contributed by atoms with Crippen molar-refractivity contribution in [3.8, 4) is 0 Å². The molecule has 5 heteroatoms. The van der Waals surface area contributed by atoms with Crippen LogP contribution in [0.5, 0.6) is 0 Å². The quantitative estimate of drug-likeness (QED) is 0.730. The van der Waals surface area contributed by atoms with E-state index in [1.54, 1.807) is 11.8 Å². The van der Waals surface area contributed by atoms with Gasteiger partial charge in [-0.15, -0.1) is 0 Å². The molecule has 1 saturated carbocycles. The summed E-state index contributed by atoms with van der Waals surface area (Å²) < 4.78 is 5.88. The van der Waals surface area contributed by atoms with Crippen molar-refractivity contribution in [1.29, 1.82) is 0 Å². The maximum Gasteiger partial charge on any atom is 0.305 e. The standard InChI is InChI=1S/C15H27NO4/c1-3-16(11-10-14(17)18)15(19)12(2)20-13-8-6-4-5-7-9-13/h12-13H,3-11H2,1-2H3,(H,17,18). The lowest BCUT2D eigenvalue weighted by Gasteiger charge is -2.26. The minimum absolute atomic E-state index is 0.0181. The monoisotopic (exact) mass is 285 g/mol. The molecule has 1 unspecified atom stereocenters. The normalized spacial score (nSPS) is 18.3. The second-order valence-electron chi connectivity index (χ2n) is 5.45. The second-order valence-corrected chi connectivity index (χ2v) is 5.45. The number of carbonyl (C=O) groups is 2. The van der Waals surface area contributed by atoms with Crippen molar-refractivity contribution in [3.05, 3.63) is 0 Å². The Balaban J connectivity index is 2.44. The highest BCUT2D eigenvalue weighted by atomic mass is 16.5. The van der Waals surface area contributed by atoms with Crippen LogP contribution in [0.15, 0.2) is 0 Å². The van der Waals surface area contributed by atoms with Crippen molar-refractivity contribution in [2.24, 2.45) is 0 Å². The van der Waals surface area contributed by atoms with E-state index in [9.17, 15) is 9.59 Å². The van der Waals surface area contributed by atoms with E-state index < -0.39 is 12.1 Å². The summed E-state index contributed by atoms with van der Waals surface area (Å²) in [4.78, 5) is 24.4. The molecular formula is C15H27NO4. The summed E-state index contributed by atoms with van der Waals surface area (Å²) in [5.41, 5.74) is 0. The predicted molar refractivity (Wildman–Crippen MR) is 76.5 cm³/mol. The first-order chi connectivity index (χ1) is 9.54. The molecule has 1 atom stereocenters. The van der Waals surface area contributed by atoms with Crippen LogP contribution in [0.2, 0.25) is 0 Å². The van der Waals surface area contributed by atoms with Gasteiger partial charge in [0.25, 0.3) is 5.91 Å². The molecule has 0 radical (unpaired) electrons. The van der Waals surface area contributed by atoms with Gasteiger partial charge in [-0.25, -0.2) is 0 Å². The first kappa shape index (κ1) is 17.0. The fourth-order valence-electron chi connectivity index (χ4n) is 2.64. The van der Waals surface area contributed by atoms with Crippen molar-refractivity contribution < 1.29 is 19.4 Å². The van der Waals surface area contributed by atoms with Crippen LogP contribution in [-0.4, -0.2) is 47.2 Å². The topological polar surface area (TPSA) is 66.8 Å². The van der Waals surface area contributed by atoms with Crippen LogP contribution in [0.1, 0.15) is 58.8 Å². The summed E-state index contributed by atoms with van der Waals surface area (Å²) in [6, 6.07) is 0. The third-order valence-corrected chi connectivity index (χ3v) is 3.84. The van der Waals surface area contributed by atoms with Gasteiger partial charge in [-0.05, 0) is 26.7 Å². The van der Waals surface area contributed by atoms with Gasteiger partial charge in [0.2, 0.25) is 0 Å². The van der Waals surface area contributed by atoms with Gasteiger partial charge in [-0.2, -0.15) is 0 Å². The Morgan fingerprint density at radius 1 is 1.25 bits per heavy atom. The molecule has 0 spiro atoms. The second kappa shape index (κ2) is 8.95. The summed E-state index contributed by atoms with van der Waals surface area (Å²) in [5, 5.41) is 8.70. The van der Waals surface area contributed by atoms with E-state index in [2.05, 4.69) is 0 Å². The smallest absolute Gasteiger partial charge is 0.305 e. The number of nitrogens with zero attached hydrogens (tertiary/aromatic N) is 1. The summed E-state index contributed by atoms with van der Waals surface area (Å²) in [5.74, 6) is -0.980. The highest BCUT2D eigenvalue weighted by molar-refractivity contribution is 5.81. The van der Waals surface area contributed by atoms with Gasteiger partial charge >= 0.3 is 5.97 Å². The highest BCUT2D eigenvalue weighted by Crippen LogP contribution is 2.21. The molecule has 116 valence electrons. The molecule has 20 heavy (non-hydrogen) atoms. The number of rotatable bonds is 7. The zero-order valence-corrected chi connectivity index (χ0v) is 12.6. The molecule has 5 nitrogen and oxygen atoms in total. The molecule has 1 aliphatic rings. The van der Waals surface area contributed by atoms with E-state index in [4.69, 9.17) is 9.84 Å². The fourth-order valence-corrected chi connectivity index (χ4v) is 2.64. The Morgan fingerprint density at radius 2 is 1.85 bits per heavy atom. The van der Waals surface area contributed by atoms with E-state index in [-0.39, 0.29) is 25.0 Å². The first-order valence-corrected chi connectivity index (χ1v) is 7.70. The van der Waals surface area contributed by atoms with Crippen LogP contribution in [0.4, 0.5) is 0 Å². The Morgan fingerprint density at radius 3 is 2.35 bits per heavy atom. The Labute approximate surface area is 121 Å². The van der Waals surface area contributed by atoms with Gasteiger partial charge in [0, 0.05) is 13.1 Å². The highest BCUT2D eigenvalue weighted by Gasteiger charge is 2.24. The number of carboxylic acid groups (broad SMARTS) is 1. The van der Waals surface area contributed by atoms with Gasteiger partial charge in [-0.3, -0.25) is 9.59 Å². The summed E-state index contributed by atoms with van der Waals surface area (Å²) in [6.45, 7) is 4.41. The molecule has 1 aliphatic carbocycles. The molecule has 0 aromatic carbocycles. The number of ether oxygens (including phenoxy) is 1. The lowest BCUT2D eigenvalue weighted by molar-refractivity contribution is -0.147. The zero-order valence-electron chi connectivity index (χ0n) is 12.6. The van der Waals surface area contributed by atoms with Crippen LogP contribution in [-0.2, 0) is 14.3 Å². The molecule has 1 fully saturated rings. The number of hydrogen-bond acceptors (Lipinski definition) is 3. The Hall–Kier alpha value is -1.10. The first-order valence-electron chi connectivity index (χ1n) is 7.70. The molecule has 1 N–H and O–H groups in total. The third-order valence-electron chi connectivity index (χ3n) is 3.84. The third kappa shape index (κ3) is 5.90. The van der Waals surface area contributed by atoms with Gasteiger partial charge in [0.15, 0.2) is 0 Å². The Kier molecular flexibility index (Phi) is 7.59. The van der Waals surface area contributed by atoms with Crippen LogP contribution in [0.3, 0.4) is 0 Å². The number of carboxylic acids is 1. The van der Waals surface area contributed by atoms with E-state index in [1.807, 2.05) is 6.92 Å². The zero-order chi connectivity index (χ0) is 15.0. The van der Waals surface area contributed by atoms with E-state index in [1.165, 1.54) is 25.7 Å². The lowest BCUT2D eigenvalue weighted by Crippen LogP contribution is -2.41. The minimum Gasteiger partial charge on any atom is -0.481 e. The lowest BCUT2D eigenvalue weighted by atomic mass is 10.1. The van der Waals surface area contributed by atoms with Gasteiger partial charge in [0.05, 0.1) is 12.5 Å². The van der Waals surface area contributed by atoms with E-state index in [0.717, 1.165) is 12.8 Å². The molecule has 0 heterocycles. The maximum atomic E-state index is 12.3. The van der Waals surface area contributed by atoms with Crippen LogP contribution >= 0.6 is 0 Å². The molecule has 1 rings (SSSR count). The molecule has 0 saturated heterocycles. The van der Waals surface area contributed by atoms with Crippen LogP contribution < -0.4 is 0 Å². The summed E-state index contributed by atoms with van der Waals surface area (Å²) in [7, 11) is 0. The molecule has 1 amide bonds. The average Bonchev–Trinajstić information content (AvgIpc) is 2.67. The average molecular weight is 285 g/mol. The predicted octanol–water partition coefficient (Wildman–Crippen LogP) is 2.44. The van der Waals surface area contributed by atoms with Gasteiger partial charge in [-0.1, -0.05) is 25.7 Å². The van der Waals surface area contributed by atoms with Crippen molar-refractivity contribution in [2.75, 3.05) is 13.1 Å². The van der Waals surface area contributed by atoms with Crippen molar-refractivity contribution >= 4 is 11.9 Å². The van der Waals surface area contributed by atoms with E-state index in [0.29, 0.717) is 6.54 Å². The number of amides is 1. The summed E-state index contributed by atoms with van der Waals surface area (Å²) >= 11 is 0. The largest absolute Gasteiger partial charge is 0.481 e. The molecule has 0 aromatic rings. The Bertz CT molecular complexity index is 311. The number of aliphatic carboxylic acids is 1. The summed E-state index contributed by atoms with van der Waals surface area (Å²) in [6.07, 6.45) is 6.57. The van der Waals surface area contributed by atoms with Crippen LogP contribution in [0, 0.1) is 0 Å². The number of likely N-dealkylation sites (N-methyl/N-ethyl adjacent to an activating group) is 1. The number of hydrogen-bond donors (Lipinski definition) is 1. The minimum atomic E-state index is -0.881. The van der Waals surface area contributed by atoms with Crippen LogP contribution in [0.25, 0.3) is 0 Å².